The van der Waals surface area contributed by atoms with Crippen molar-refractivity contribution < 1.29 is 4.74 Å². The van der Waals surface area contributed by atoms with Gasteiger partial charge in [-0.25, -0.2) is 9.97 Å². The Morgan fingerprint density at radius 3 is 2.78 bits per heavy atom. The smallest absolute Gasteiger partial charge is 0.225 e. The summed E-state index contributed by atoms with van der Waals surface area (Å²) in [6.07, 6.45) is 4.06. The first kappa shape index (κ1) is 13.2. The topological polar surface area (TPSA) is 50.3 Å². The van der Waals surface area contributed by atoms with Crippen molar-refractivity contribution in [3.8, 4) is 0 Å². The molecule has 1 aliphatic heterocycles. The molecule has 0 saturated carbocycles. The maximum absolute atomic E-state index is 5.51. The Kier molecular flexibility index (Phi) is 4.49. The summed E-state index contributed by atoms with van der Waals surface area (Å²) in [5, 5.41) is 3.35. The average molecular weight is 250 g/mol. The van der Waals surface area contributed by atoms with E-state index in [0.29, 0.717) is 6.04 Å². The number of hydrogen-bond donors (Lipinski definition) is 1. The zero-order valence-corrected chi connectivity index (χ0v) is 11.4. The maximum atomic E-state index is 5.51. The summed E-state index contributed by atoms with van der Waals surface area (Å²) in [5.41, 5.74) is 1.12. The highest BCUT2D eigenvalue weighted by Crippen LogP contribution is 2.12. The third-order valence-corrected chi connectivity index (χ3v) is 2.93. The van der Waals surface area contributed by atoms with E-state index in [2.05, 4.69) is 41.0 Å². The summed E-state index contributed by atoms with van der Waals surface area (Å²) >= 11 is 0. The van der Waals surface area contributed by atoms with Crippen LogP contribution in [-0.2, 0) is 11.3 Å². The maximum Gasteiger partial charge on any atom is 0.225 e. The lowest BCUT2D eigenvalue weighted by Gasteiger charge is -2.31. The minimum Gasteiger partial charge on any atom is -0.375 e. The fraction of sp³-hybridized carbons (Fsp3) is 0.692. The number of hydrogen-bond acceptors (Lipinski definition) is 5. The van der Waals surface area contributed by atoms with Gasteiger partial charge < -0.3 is 15.0 Å². The van der Waals surface area contributed by atoms with Crippen LogP contribution in [0.4, 0.5) is 5.95 Å². The number of ether oxygens (including phenoxy) is 1. The zero-order chi connectivity index (χ0) is 13.0. The Morgan fingerprint density at radius 1 is 1.44 bits per heavy atom. The number of nitrogens with zero attached hydrogens (tertiary/aromatic N) is 3. The molecule has 5 nitrogen and oxygen atoms in total. The molecule has 1 fully saturated rings. The second kappa shape index (κ2) is 6.11. The standard InChI is InChI=1S/C13H22N4O/c1-10(2)14-6-12-7-15-13(16-8-12)17-4-5-18-11(3)9-17/h7-8,10-11,14H,4-6,9H2,1-3H3. The lowest BCUT2D eigenvalue weighted by Crippen LogP contribution is -2.42. The van der Waals surface area contributed by atoms with Gasteiger partial charge >= 0.3 is 0 Å². The predicted molar refractivity (Wildman–Crippen MR) is 71.6 cm³/mol. The molecule has 2 rings (SSSR count). The number of rotatable bonds is 4. The van der Waals surface area contributed by atoms with Crippen molar-refractivity contribution in [2.75, 3.05) is 24.6 Å². The highest BCUT2D eigenvalue weighted by atomic mass is 16.5. The average Bonchev–Trinajstić information content (AvgIpc) is 2.37. The zero-order valence-electron chi connectivity index (χ0n) is 11.4. The molecule has 1 aliphatic rings. The van der Waals surface area contributed by atoms with E-state index in [4.69, 9.17) is 4.74 Å². The largest absolute Gasteiger partial charge is 0.375 e. The van der Waals surface area contributed by atoms with Gasteiger partial charge in [0.2, 0.25) is 5.95 Å². The first-order chi connectivity index (χ1) is 8.65. The van der Waals surface area contributed by atoms with Crippen LogP contribution in [0.2, 0.25) is 0 Å². The Labute approximate surface area is 109 Å². The molecule has 2 heterocycles. The van der Waals surface area contributed by atoms with E-state index in [0.717, 1.165) is 37.8 Å². The molecule has 0 amide bonds. The SMILES string of the molecule is CC(C)NCc1cnc(N2CCOC(C)C2)nc1. The number of morpholine rings is 1. The molecule has 1 atom stereocenters. The lowest BCUT2D eigenvalue weighted by atomic mass is 10.3. The van der Waals surface area contributed by atoms with Crippen LogP contribution in [0.3, 0.4) is 0 Å². The van der Waals surface area contributed by atoms with Gasteiger partial charge in [-0.05, 0) is 6.92 Å². The molecule has 100 valence electrons. The third-order valence-electron chi connectivity index (χ3n) is 2.93. The van der Waals surface area contributed by atoms with Crippen LogP contribution in [0.1, 0.15) is 26.3 Å². The molecule has 0 aliphatic carbocycles. The molecule has 0 radical (unpaired) electrons. The van der Waals surface area contributed by atoms with E-state index in [-0.39, 0.29) is 6.10 Å². The van der Waals surface area contributed by atoms with E-state index in [9.17, 15) is 0 Å². The highest BCUT2D eigenvalue weighted by molar-refractivity contribution is 5.30. The van der Waals surface area contributed by atoms with Gasteiger partial charge in [0.05, 0.1) is 12.7 Å². The minimum atomic E-state index is 0.254. The van der Waals surface area contributed by atoms with Crippen molar-refractivity contribution >= 4 is 5.95 Å². The fourth-order valence-electron chi connectivity index (χ4n) is 1.92. The van der Waals surface area contributed by atoms with Gasteiger partial charge in [-0.2, -0.15) is 0 Å². The Morgan fingerprint density at radius 2 is 2.17 bits per heavy atom. The van der Waals surface area contributed by atoms with Crippen LogP contribution in [-0.4, -0.2) is 41.8 Å². The van der Waals surface area contributed by atoms with Gasteiger partial charge in [-0.15, -0.1) is 0 Å². The number of aromatic nitrogens is 2. The molecule has 0 bridgehead atoms. The molecule has 0 spiro atoms. The summed E-state index contributed by atoms with van der Waals surface area (Å²) in [4.78, 5) is 11.0. The summed E-state index contributed by atoms with van der Waals surface area (Å²) in [5.74, 6) is 0.804. The Hall–Kier alpha value is -1.20. The summed E-state index contributed by atoms with van der Waals surface area (Å²) < 4.78 is 5.51. The fourth-order valence-corrected chi connectivity index (χ4v) is 1.92. The van der Waals surface area contributed by atoms with Crippen LogP contribution < -0.4 is 10.2 Å². The van der Waals surface area contributed by atoms with Crippen LogP contribution in [0, 0.1) is 0 Å². The molecule has 1 unspecified atom stereocenters. The summed E-state index contributed by atoms with van der Waals surface area (Å²) in [6.45, 7) is 9.64. The molecular formula is C13H22N4O. The van der Waals surface area contributed by atoms with E-state index in [1.807, 2.05) is 12.4 Å². The molecule has 1 N–H and O–H groups in total. The van der Waals surface area contributed by atoms with Crippen LogP contribution in [0.15, 0.2) is 12.4 Å². The van der Waals surface area contributed by atoms with Crippen molar-refractivity contribution in [3.63, 3.8) is 0 Å². The first-order valence-corrected chi connectivity index (χ1v) is 6.56. The third kappa shape index (κ3) is 3.65. The van der Waals surface area contributed by atoms with Crippen LogP contribution >= 0.6 is 0 Å². The van der Waals surface area contributed by atoms with Gasteiger partial charge in [0.25, 0.3) is 0 Å². The second-order valence-electron chi connectivity index (χ2n) is 5.05. The molecule has 0 aromatic carbocycles. The highest BCUT2D eigenvalue weighted by Gasteiger charge is 2.18. The minimum absolute atomic E-state index is 0.254. The first-order valence-electron chi connectivity index (χ1n) is 6.56. The predicted octanol–water partition coefficient (Wildman–Crippen LogP) is 1.20. The molecular weight excluding hydrogens is 228 g/mol. The quantitative estimate of drug-likeness (QED) is 0.870. The van der Waals surface area contributed by atoms with E-state index in [1.165, 1.54) is 0 Å². The van der Waals surface area contributed by atoms with Crippen molar-refractivity contribution in [2.24, 2.45) is 0 Å². The van der Waals surface area contributed by atoms with Crippen LogP contribution in [0.25, 0.3) is 0 Å². The van der Waals surface area contributed by atoms with E-state index >= 15 is 0 Å². The normalized spacial score (nSPS) is 20.4. The monoisotopic (exact) mass is 250 g/mol. The molecule has 1 aromatic rings. The second-order valence-corrected chi connectivity index (χ2v) is 5.05. The lowest BCUT2D eigenvalue weighted by molar-refractivity contribution is 0.0526. The summed E-state index contributed by atoms with van der Waals surface area (Å²) in [7, 11) is 0. The van der Waals surface area contributed by atoms with Crippen molar-refractivity contribution in [1.82, 2.24) is 15.3 Å². The van der Waals surface area contributed by atoms with Crippen molar-refractivity contribution in [3.05, 3.63) is 18.0 Å². The molecule has 1 saturated heterocycles. The van der Waals surface area contributed by atoms with E-state index < -0.39 is 0 Å². The van der Waals surface area contributed by atoms with Crippen molar-refractivity contribution in [2.45, 2.75) is 39.5 Å². The van der Waals surface area contributed by atoms with Gasteiger partial charge in [0, 0.05) is 43.6 Å². The molecule has 5 heteroatoms. The molecule has 18 heavy (non-hydrogen) atoms. The van der Waals surface area contributed by atoms with E-state index in [1.54, 1.807) is 0 Å². The Bertz CT molecular complexity index is 366. The molecule has 1 aromatic heterocycles. The Balaban J connectivity index is 1.94. The van der Waals surface area contributed by atoms with Gasteiger partial charge in [-0.3, -0.25) is 0 Å². The van der Waals surface area contributed by atoms with Gasteiger partial charge in [0.1, 0.15) is 0 Å². The van der Waals surface area contributed by atoms with Crippen LogP contribution in [0.5, 0.6) is 0 Å². The van der Waals surface area contributed by atoms with Gasteiger partial charge in [0.15, 0.2) is 0 Å². The summed E-state index contributed by atoms with van der Waals surface area (Å²) in [6, 6.07) is 0.477. The number of nitrogens with one attached hydrogen (secondary N) is 1. The van der Waals surface area contributed by atoms with Gasteiger partial charge in [-0.1, -0.05) is 13.8 Å². The van der Waals surface area contributed by atoms with Crippen molar-refractivity contribution in [1.29, 1.82) is 0 Å². The number of anilines is 1.